The van der Waals surface area contributed by atoms with E-state index in [-0.39, 0.29) is 93.2 Å². The molecule has 7 heterocycles. The van der Waals surface area contributed by atoms with Gasteiger partial charge >= 0.3 is 34.1 Å². The summed E-state index contributed by atoms with van der Waals surface area (Å²) in [6, 6.07) is 36.1. The maximum Gasteiger partial charge on any atom is 1.00 e. The van der Waals surface area contributed by atoms with Gasteiger partial charge in [-0.15, -0.1) is 0 Å². The second-order valence-corrected chi connectivity index (χ2v) is 18.8. The third kappa shape index (κ3) is 12.8. The first-order valence-corrected chi connectivity index (χ1v) is 20.8. The number of aromatic nitrogens is 6. The van der Waals surface area contributed by atoms with Gasteiger partial charge in [0, 0.05) is 69.8 Å². The van der Waals surface area contributed by atoms with Crippen molar-refractivity contribution < 1.29 is 91.1 Å². The fraction of sp³-hybridized carbons (Fsp3) is 0.227. The van der Waals surface area contributed by atoms with Gasteiger partial charge in [-0.1, -0.05) is 60.7 Å². The van der Waals surface area contributed by atoms with Crippen LogP contribution in [0, 0.1) is 0 Å². The van der Waals surface area contributed by atoms with Gasteiger partial charge in [0.2, 0.25) is 16.9 Å². The van der Waals surface area contributed by atoms with Crippen molar-refractivity contribution in [2.45, 2.75) is 65.8 Å². The van der Waals surface area contributed by atoms with Crippen LogP contribution in [-0.4, -0.2) is 49.9 Å². The molecule has 0 radical (unpaired) electrons. The zero-order valence-electron chi connectivity index (χ0n) is 33.9. The summed E-state index contributed by atoms with van der Waals surface area (Å²) in [5.41, 5.74) is 5.67. The average Bonchev–Trinajstić information content (AvgIpc) is 3.20. The van der Waals surface area contributed by atoms with Gasteiger partial charge in [0.15, 0.2) is 0 Å². The molecule has 1 aliphatic rings. The van der Waals surface area contributed by atoms with Gasteiger partial charge in [0.1, 0.15) is 0 Å². The molecular formula is C44H46Cu2I2N8O2P2. The minimum Gasteiger partial charge on any atom is -1.00 e. The predicted octanol–water partition coefficient (Wildman–Crippen LogP) is 5.45. The van der Waals surface area contributed by atoms with Crippen LogP contribution in [0.5, 0.6) is 0 Å². The first kappa shape index (κ1) is 51.9. The van der Waals surface area contributed by atoms with Crippen LogP contribution in [0.4, 0.5) is 0 Å². The van der Waals surface area contributed by atoms with E-state index in [4.69, 9.17) is 9.05 Å². The Bertz CT molecular complexity index is 2250. The Labute approximate surface area is 410 Å². The van der Waals surface area contributed by atoms with Crippen LogP contribution in [0.1, 0.15) is 52.9 Å². The molecule has 0 aliphatic carbocycles. The second-order valence-electron chi connectivity index (χ2n) is 15.0. The molecule has 0 saturated carbocycles. The van der Waals surface area contributed by atoms with Crippen molar-refractivity contribution in [3.8, 4) is 0 Å². The van der Waals surface area contributed by atoms with Gasteiger partial charge in [-0.2, -0.15) is 8.88 Å². The summed E-state index contributed by atoms with van der Waals surface area (Å²) in [4.78, 5) is 26.2. The maximum atomic E-state index is 6.40. The van der Waals surface area contributed by atoms with Crippen LogP contribution in [0.3, 0.4) is 0 Å². The van der Waals surface area contributed by atoms with E-state index in [2.05, 4.69) is 129 Å². The molecule has 10 nitrogen and oxygen atoms in total. The van der Waals surface area contributed by atoms with E-state index in [0.29, 0.717) is 13.2 Å². The topological polar surface area (TPSA) is 102 Å². The van der Waals surface area contributed by atoms with E-state index >= 15 is 0 Å². The zero-order valence-corrected chi connectivity index (χ0v) is 41.9. The van der Waals surface area contributed by atoms with Crippen molar-refractivity contribution >= 4 is 60.5 Å². The molecule has 0 unspecified atom stereocenters. The van der Waals surface area contributed by atoms with Crippen molar-refractivity contribution in [2.75, 3.05) is 0 Å². The quantitative estimate of drug-likeness (QED) is 0.0926. The fourth-order valence-electron chi connectivity index (χ4n) is 6.08. The van der Waals surface area contributed by atoms with Crippen LogP contribution >= 0.6 is 16.9 Å². The molecular weight excluding hydrogens is 1120 g/mol. The summed E-state index contributed by atoms with van der Waals surface area (Å²) in [6.07, 6.45) is 10.8. The first-order chi connectivity index (χ1) is 27.1. The van der Waals surface area contributed by atoms with Gasteiger partial charge in [-0.05, 0) is 90.1 Å². The summed E-state index contributed by atoms with van der Waals surface area (Å²) in [6.45, 7) is 14.3. The van der Waals surface area contributed by atoms with E-state index in [0.717, 1.165) is 55.0 Å². The second kappa shape index (κ2) is 23.9. The summed E-state index contributed by atoms with van der Waals surface area (Å²) in [5.74, 6) is 0. The molecule has 0 atom stereocenters. The van der Waals surface area contributed by atoms with Crippen LogP contribution in [0.15, 0.2) is 146 Å². The van der Waals surface area contributed by atoms with Gasteiger partial charge in [-0.25, -0.2) is 0 Å². The Balaban J connectivity index is 0.000000253. The molecule has 60 heavy (non-hydrogen) atoms. The molecule has 0 amide bonds. The van der Waals surface area contributed by atoms with Crippen molar-refractivity contribution in [3.05, 3.63) is 158 Å². The van der Waals surface area contributed by atoms with E-state index in [1.165, 1.54) is 0 Å². The van der Waals surface area contributed by atoms with Crippen molar-refractivity contribution in [1.29, 1.82) is 0 Å². The summed E-state index contributed by atoms with van der Waals surface area (Å²) < 4.78 is 17.6. The van der Waals surface area contributed by atoms with Crippen LogP contribution in [0.2, 0.25) is 0 Å². The van der Waals surface area contributed by atoms with Crippen molar-refractivity contribution in [3.63, 3.8) is 0 Å². The average molecular weight is 1160 g/mol. The van der Waals surface area contributed by atoms with Gasteiger partial charge in [0.05, 0.1) is 46.7 Å². The standard InChI is InChI=1S/C20H30N4O2P2.2C12H8N2.2Cu.2HI/c1-19(2,3)23-27(25-15-17-11-7-9-13-21-17)24(20(4,5)6)28(23)26-16-18-12-8-10-14-22-18;2*1-3-9-5-6-10-4-2-8-14-12(10)11(9)13-7-1;;;;/h7-14H,15-16H2,1-6H3;2*1-8H;;;2*1H/q;;;2*+1;;/p-2. The molecule has 2 aromatic carbocycles. The minimum atomic E-state index is -0.934. The molecule has 16 heteroatoms. The number of pyridine rings is 6. The van der Waals surface area contributed by atoms with E-state index in [9.17, 15) is 0 Å². The monoisotopic (exact) mass is 1160 g/mol. The molecule has 0 bridgehead atoms. The Morgan fingerprint density at radius 2 is 0.683 bits per heavy atom. The third-order valence-corrected chi connectivity index (χ3v) is 14.9. The molecule has 1 fully saturated rings. The van der Waals surface area contributed by atoms with Gasteiger partial charge in [-0.3, -0.25) is 29.9 Å². The summed E-state index contributed by atoms with van der Waals surface area (Å²) in [5, 5.41) is 4.55. The molecule has 6 aromatic heterocycles. The smallest absolute Gasteiger partial charge is 1.00 e. The van der Waals surface area contributed by atoms with E-state index < -0.39 is 16.9 Å². The number of nitrogens with zero attached hydrogens (tertiary/aromatic N) is 8. The van der Waals surface area contributed by atoms with Crippen molar-refractivity contribution in [1.82, 2.24) is 38.8 Å². The number of benzene rings is 2. The van der Waals surface area contributed by atoms with Crippen LogP contribution < -0.4 is 48.0 Å². The Hall–Kier alpha value is -2.42. The fourth-order valence-corrected chi connectivity index (χ4v) is 11.5. The van der Waals surface area contributed by atoms with Gasteiger partial charge < -0.3 is 57.0 Å². The van der Waals surface area contributed by atoms with E-state index in [1.54, 1.807) is 37.2 Å². The zero-order chi connectivity index (χ0) is 39.1. The molecule has 9 rings (SSSR count). The minimum absolute atomic E-state index is 0. The normalized spacial score (nSPS) is 15.1. The summed E-state index contributed by atoms with van der Waals surface area (Å²) >= 11 is 0. The third-order valence-electron chi connectivity index (χ3n) is 8.65. The van der Waals surface area contributed by atoms with Crippen LogP contribution in [0.25, 0.3) is 43.6 Å². The van der Waals surface area contributed by atoms with E-state index in [1.807, 2.05) is 60.7 Å². The maximum absolute atomic E-state index is 6.40. The molecule has 1 saturated heterocycles. The predicted molar refractivity (Wildman–Crippen MR) is 229 cm³/mol. The Kier molecular flexibility index (Phi) is 20.7. The van der Waals surface area contributed by atoms with Crippen molar-refractivity contribution in [2.24, 2.45) is 0 Å². The number of halogens is 2. The summed E-state index contributed by atoms with van der Waals surface area (Å²) in [7, 11) is -1.87. The first-order valence-electron chi connectivity index (χ1n) is 18.5. The molecule has 0 spiro atoms. The SMILES string of the molecule is CC(C)(C)N1P(OCc2ccccn2)N(C(C)(C)C)P1OCc1ccccn1.[Cu+].[Cu+].[I-].[I-].c1cnc2c(c1)ccc1cccnc12.c1cnc2c(c1)ccc1cccnc12. The number of hydrogen-bond acceptors (Lipinski definition) is 10. The van der Waals surface area contributed by atoms with Crippen LogP contribution in [-0.2, 0) is 56.4 Å². The molecule has 320 valence electrons. The molecule has 1 aliphatic heterocycles. The van der Waals surface area contributed by atoms with Gasteiger partial charge in [0.25, 0.3) is 0 Å². The Morgan fingerprint density at radius 3 is 0.933 bits per heavy atom. The molecule has 8 aromatic rings. The Morgan fingerprint density at radius 1 is 0.400 bits per heavy atom. The molecule has 0 N–H and O–H groups in total. The largest absolute Gasteiger partial charge is 1.00 e. The number of rotatable bonds is 6. The number of hydrogen-bond donors (Lipinski definition) is 0. The number of fused-ring (bicyclic) bond motifs is 6.